The molecule has 16 heavy (non-hydrogen) atoms. The lowest BCUT2D eigenvalue weighted by Crippen LogP contribution is -2.22. The van der Waals surface area contributed by atoms with Crippen LogP contribution in [-0.4, -0.2) is 22.9 Å². The fourth-order valence-corrected chi connectivity index (χ4v) is 1.13. The summed E-state index contributed by atoms with van der Waals surface area (Å²) in [6, 6.07) is 5.89. The lowest BCUT2D eigenvalue weighted by Gasteiger charge is -2.06. The van der Waals surface area contributed by atoms with Crippen molar-refractivity contribution in [1.29, 1.82) is 0 Å². The Kier molecular flexibility index (Phi) is 3.60. The Labute approximate surface area is 91.1 Å². The number of carbonyl (C=O) groups is 3. The van der Waals surface area contributed by atoms with E-state index in [4.69, 9.17) is 10.8 Å². The molecule has 0 atom stereocenters. The molecule has 6 heteroatoms. The molecule has 0 saturated heterocycles. The standard InChI is InChI=1S/C10H10N2O4/c11-8(13)5-9(14)12-7-4-2-1-3-6(7)10(15)16/h1-4H,5H2,(H2,11,13)(H,12,14)(H,15,16). The summed E-state index contributed by atoms with van der Waals surface area (Å²) in [6.07, 6.45) is -0.478. The number of carboxylic acids is 1. The van der Waals surface area contributed by atoms with Crippen LogP contribution in [0.25, 0.3) is 0 Å². The van der Waals surface area contributed by atoms with Gasteiger partial charge in [-0.25, -0.2) is 4.79 Å². The Bertz CT molecular complexity index is 442. The monoisotopic (exact) mass is 222 g/mol. The summed E-state index contributed by atoms with van der Waals surface area (Å²) < 4.78 is 0. The summed E-state index contributed by atoms with van der Waals surface area (Å²) in [5.74, 6) is -2.57. The van der Waals surface area contributed by atoms with Gasteiger partial charge in [-0.3, -0.25) is 9.59 Å². The number of para-hydroxylation sites is 1. The lowest BCUT2D eigenvalue weighted by atomic mass is 10.2. The second-order valence-electron chi connectivity index (χ2n) is 3.04. The van der Waals surface area contributed by atoms with Gasteiger partial charge < -0.3 is 16.2 Å². The first-order valence-corrected chi connectivity index (χ1v) is 4.41. The number of hydrogen-bond donors (Lipinski definition) is 3. The number of nitrogens with one attached hydrogen (secondary N) is 1. The van der Waals surface area contributed by atoms with Crippen LogP contribution in [0.5, 0.6) is 0 Å². The minimum atomic E-state index is -1.16. The zero-order valence-corrected chi connectivity index (χ0v) is 8.27. The van der Waals surface area contributed by atoms with Gasteiger partial charge in [-0.15, -0.1) is 0 Å². The van der Waals surface area contributed by atoms with Gasteiger partial charge in [-0.1, -0.05) is 12.1 Å². The van der Waals surface area contributed by atoms with Crippen LogP contribution in [0, 0.1) is 0 Å². The van der Waals surface area contributed by atoms with Gasteiger partial charge in [0.15, 0.2) is 0 Å². The van der Waals surface area contributed by atoms with E-state index in [1.807, 2.05) is 0 Å². The number of carbonyl (C=O) groups excluding carboxylic acids is 2. The molecule has 0 saturated carbocycles. The van der Waals surface area contributed by atoms with E-state index in [9.17, 15) is 14.4 Å². The topological polar surface area (TPSA) is 109 Å². The van der Waals surface area contributed by atoms with Crippen LogP contribution in [0.15, 0.2) is 24.3 Å². The number of benzene rings is 1. The molecule has 0 spiro atoms. The fourth-order valence-electron chi connectivity index (χ4n) is 1.13. The Morgan fingerprint density at radius 3 is 2.44 bits per heavy atom. The fraction of sp³-hybridized carbons (Fsp3) is 0.100. The van der Waals surface area contributed by atoms with E-state index in [0.717, 1.165) is 0 Å². The van der Waals surface area contributed by atoms with E-state index >= 15 is 0 Å². The van der Waals surface area contributed by atoms with Crippen molar-refractivity contribution in [3.05, 3.63) is 29.8 Å². The van der Waals surface area contributed by atoms with E-state index in [1.165, 1.54) is 18.2 Å². The average Bonchev–Trinajstić information content (AvgIpc) is 2.16. The van der Waals surface area contributed by atoms with Crippen molar-refractivity contribution < 1.29 is 19.5 Å². The van der Waals surface area contributed by atoms with Gasteiger partial charge in [0.25, 0.3) is 0 Å². The van der Waals surface area contributed by atoms with Crippen molar-refractivity contribution in [3.8, 4) is 0 Å². The molecule has 0 aliphatic carbocycles. The maximum atomic E-state index is 11.2. The molecular formula is C10H10N2O4. The number of anilines is 1. The van der Waals surface area contributed by atoms with Gasteiger partial charge in [-0.05, 0) is 12.1 Å². The third kappa shape index (κ3) is 3.09. The first-order chi connectivity index (χ1) is 7.50. The van der Waals surface area contributed by atoms with Crippen LogP contribution in [0.2, 0.25) is 0 Å². The molecule has 1 aromatic carbocycles. The van der Waals surface area contributed by atoms with Crippen molar-refractivity contribution in [1.82, 2.24) is 0 Å². The lowest BCUT2D eigenvalue weighted by molar-refractivity contribution is -0.124. The average molecular weight is 222 g/mol. The first-order valence-electron chi connectivity index (χ1n) is 4.41. The molecule has 0 radical (unpaired) electrons. The predicted molar refractivity (Wildman–Crippen MR) is 55.8 cm³/mol. The second-order valence-corrected chi connectivity index (χ2v) is 3.04. The van der Waals surface area contributed by atoms with Crippen molar-refractivity contribution in [3.63, 3.8) is 0 Å². The summed E-state index contributed by atoms with van der Waals surface area (Å²) in [5, 5.41) is 11.1. The number of nitrogens with two attached hydrogens (primary N) is 1. The second kappa shape index (κ2) is 4.92. The van der Waals surface area contributed by atoms with Crippen LogP contribution in [0.1, 0.15) is 16.8 Å². The van der Waals surface area contributed by atoms with E-state index < -0.39 is 24.2 Å². The molecule has 0 aliphatic heterocycles. The number of amides is 2. The van der Waals surface area contributed by atoms with Crippen LogP contribution in [-0.2, 0) is 9.59 Å². The summed E-state index contributed by atoms with van der Waals surface area (Å²) in [6.45, 7) is 0. The number of rotatable bonds is 4. The van der Waals surface area contributed by atoms with E-state index in [-0.39, 0.29) is 11.3 Å². The highest BCUT2D eigenvalue weighted by atomic mass is 16.4. The van der Waals surface area contributed by atoms with Crippen LogP contribution >= 0.6 is 0 Å². The molecule has 6 nitrogen and oxygen atoms in total. The number of carboxylic acid groups (broad SMARTS) is 1. The summed E-state index contributed by atoms with van der Waals surface area (Å²) in [4.78, 5) is 32.4. The molecule has 1 rings (SSSR count). The molecule has 0 fully saturated rings. The minimum Gasteiger partial charge on any atom is -0.478 e. The zero-order valence-electron chi connectivity index (χ0n) is 8.27. The Balaban J connectivity index is 2.84. The molecule has 0 heterocycles. The molecule has 84 valence electrons. The van der Waals surface area contributed by atoms with Crippen molar-refractivity contribution >= 4 is 23.5 Å². The summed E-state index contributed by atoms with van der Waals surface area (Å²) in [5.41, 5.74) is 4.93. The van der Waals surface area contributed by atoms with E-state index in [0.29, 0.717) is 0 Å². The highest BCUT2D eigenvalue weighted by Gasteiger charge is 2.12. The maximum Gasteiger partial charge on any atom is 0.337 e. The molecule has 0 unspecified atom stereocenters. The van der Waals surface area contributed by atoms with Gasteiger partial charge in [0.2, 0.25) is 11.8 Å². The molecule has 1 aromatic rings. The number of aromatic carboxylic acids is 1. The number of primary amides is 1. The predicted octanol–water partition coefficient (Wildman–Crippen LogP) is 0.199. The van der Waals surface area contributed by atoms with Crippen molar-refractivity contribution in [2.75, 3.05) is 5.32 Å². The van der Waals surface area contributed by atoms with Crippen molar-refractivity contribution in [2.24, 2.45) is 5.73 Å². The zero-order chi connectivity index (χ0) is 12.1. The van der Waals surface area contributed by atoms with Crippen LogP contribution in [0.4, 0.5) is 5.69 Å². The van der Waals surface area contributed by atoms with E-state index in [2.05, 4.69) is 5.32 Å². The highest BCUT2D eigenvalue weighted by molar-refractivity contribution is 6.06. The minimum absolute atomic E-state index is 0.0414. The Hall–Kier alpha value is -2.37. The normalized spacial score (nSPS) is 9.50. The van der Waals surface area contributed by atoms with Gasteiger partial charge >= 0.3 is 5.97 Å². The Morgan fingerprint density at radius 1 is 1.25 bits per heavy atom. The number of hydrogen-bond acceptors (Lipinski definition) is 3. The van der Waals surface area contributed by atoms with Gasteiger partial charge in [0.05, 0.1) is 11.3 Å². The largest absolute Gasteiger partial charge is 0.478 e. The third-order valence-electron chi connectivity index (χ3n) is 1.77. The Morgan fingerprint density at radius 2 is 1.88 bits per heavy atom. The quantitative estimate of drug-likeness (QED) is 0.632. The molecule has 2 amide bonds. The van der Waals surface area contributed by atoms with Crippen LogP contribution < -0.4 is 11.1 Å². The summed E-state index contributed by atoms with van der Waals surface area (Å²) >= 11 is 0. The molecule has 0 aliphatic rings. The van der Waals surface area contributed by atoms with Crippen LogP contribution in [0.3, 0.4) is 0 Å². The van der Waals surface area contributed by atoms with Gasteiger partial charge in [-0.2, -0.15) is 0 Å². The SMILES string of the molecule is NC(=O)CC(=O)Nc1ccccc1C(=O)O. The molecule has 0 bridgehead atoms. The third-order valence-corrected chi connectivity index (χ3v) is 1.77. The summed E-state index contributed by atoms with van der Waals surface area (Å²) in [7, 11) is 0. The maximum absolute atomic E-state index is 11.2. The smallest absolute Gasteiger partial charge is 0.337 e. The highest BCUT2D eigenvalue weighted by Crippen LogP contribution is 2.14. The van der Waals surface area contributed by atoms with E-state index in [1.54, 1.807) is 6.07 Å². The van der Waals surface area contributed by atoms with Gasteiger partial charge in [0, 0.05) is 0 Å². The van der Waals surface area contributed by atoms with Gasteiger partial charge in [0.1, 0.15) is 6.42 Å². The van der Waals surface area contributed by atoms with Crippen molar-refractivity contribution in [2.45, 2.75) is 6.42 Å². The first kappa shape index (κ1) is 11.7. The molecule has 0 aromatic heterocycles. The molecular weight excluding hydrogens is 212 g/mol. The molecule has 4 N–H and O–H groups in total.